The predicted octanol–water partition coefficient (Wildman–Crippen LogP) is 2.75. The normalized spacial score (nSPS) is 10.1. The summed E-state index contributed by atoms with van der Waals surface area (Å²) in [6, 6.07) is 8.02. The molecule has 0 radical (unpaired) electrons. The van der Waals surface area contributed by atoms with E-state index in [1.807, 2.05) is 24.3 Å². The average molecular weight is 253 g/mol. The summed E-state index contributed by atoms with van der Waals surface area (Å²) < 4.78 is 6.54. The van der Waals surface area contributed by atoms with Crippen molar-refractivity contribution in [2.45, 2.75) is 6.61 Å². The Bertz CT molecular complexity index is 383. The lowest BCUT2D eigenvalue weighted by molar-refractivity contribution is 0.306. The number of hydrogen-bond acceptors (Lipinski definition) is 2. The van der Waals surface area contributed by atoms with Crippen molar-refractivity contribution >= 4 is 15.9 Å². The van der Waals surface area contributed by atoms with Crippen LogP contribution in [0.15, 0.2) is 41.1 Å². The van der Waals surface area contributed by atoms with Gasteiger partial charge in [0, 0.05) is 4.47 Å². The third kappa shape index (κ3) is 2.35. The van der Waals surface area contributed by atoms with Crippen LogP contribution in [-0.4, -0.2) is 10.2 Å². The Morgan fingerprint density at radius 1 is 1.29 bits per heavy atom. The number of nitrogens with one attached hydrogen (secondary N) is 1. The molecule has 0 saturated heterocycles. The number of nitrogens with zero attached hydrogens (tertiary/aromatic N) is 1. The highest BCUT2D eigenvalue weighted by atomic mass is 79.9. The van der Waals surface area contributed by atoms with Gasteiger partial charge in [-0.15, -0.1) is 0 Å². The van der Waals surface area contributed by atoms with Gasteiger partial charge in [-0.1, -0.05) is 28.1 Å². The molecule has 0 aliphatic heterocycles. The number of hydrogen-bond donors (Lipinski definition) is 1. The lowest BCUT2D eigenvalue weighted by Crippen LogP contribution is -1.93. The highest BCUT2D eigenvalue weighted by molar-refractivity contribution is 9.10. The molecule has 0 amide bonds. The predicted molar refractivity (Wildman–Crippen MR) is 57.1 cm³/mol. The molecule has 2 aromatic rings. The van der Waals surface area contributed by atoms with E-state index in [4.69, 9.17) is 4.74 Å². The Labute approximate surface area is 90.2 Å². The molecule has 72 valence electrons. The summed E-state index contributed by atoms with van der Waals surface area (Å²) in [5.41, 5.74) is 1.13. The topological polar surface area (TPSA) is 37.9 Å². The van der Waals surface area contributed by atoms with Gasteiger partial charge in [0.2, 0.25) is 0 Å². The van der Waals surface area contributed by atoms with Crippen molar-refractivity contribution in [1.29, 1.82) is 0 Å². The Balaban J connectivity index is 1.95. The number of benzene rings is 1. The summed E-state index contributed by atoms with van der Waals surface area (Å²) in [6.45, 7) is 0.562. The summed E-state index contributed by atoms with van der Waals surface area (Å²) in [5.74, 6) is 0.757. The third-order valence-electron chi connectivity index (χ3n) is 1.79. The summed E-state index contributed by atoms with van der Waals surface area (Å²) in [5, 5.41) is 6.48. The van der Waals surface area contributed by atoms with Crippen molar-refractivity contribution < 1.29 is 4.74 Å². The minimum atomic E-state index is 0.562. The van der Waals surface area contributed by atoms with Gasteiger partial charge in [-0.05, 0) is 17.7 Å². The molecule has 0 bridgehead atoms. The zero-order chi connectivity index (χ0) is 9.80. The van der Waals surface area contributed by atoms with Crippen LogP contribution in [0.4, 0.5) is 0 Å². The van der Waals surface area contributed by atoms with Crippen molar-refractivity contribution in [2.75, 3.05) is 0 Å². The second kappa shape index (κ2) is 4.28. The summed E-state index contributed by atoms with van der Waals surface area (Å²) in [7, 11) is 0. The van der Waals surface area contributed by atoms with Crippen LogP contribution in [0.1, 0.15) is 5.56 Å². The van der Waals surface area contributed by atoms with E-state index >= 15 is 0 Å². The molecule has 0 aliphatic rings. The summed E-state index contributed by atoms with van der Waals surface area (Å²) in [6.07, 6.45) is 3.37. The number of aromatic nitrogens is 2. The van der Waals surface area contributed by atoms with Crippen LogP contribution in [0, 0.1) is 0 Å². The average Bonchev–Trinajstić information content (AvgIpc) is 2.70. The zero-order valence-corrected chi connectivity index (χ0v) is 8.99. The maximum absolute atomic E-state index is 5.46. The van der Waals surface area contributed by atoms with Gasteiger partial charge in [0.25, 0.3) is 0 Å². The minimum absolute atomic E-state index is 0.562. The molecular formula is C10H9BrN2O. The Kier molecular flexibility index (Phi) is 2.84. The third-order valence-corrected chi connectivity index (χ3v) is 2.32. The van der Waals surface area contributed by atoms with Crippen LogP contribution in [-0.2, 0) is 6.61 Å². The fourth-order valence-corrected chi connectivity index (χ4v) is 1.33. The van der Waals surface area contributed by atoms with Crippen LogP contribution < -0.4 is 4.74 Å². The van der Waals surface area contributed by atoms with Crippen LogP contribution >= 0.6 is 15.9 Å². The maximum Gasteiger partial charge on any atom is 0.157 e. The number of aromatic amines is 1. The van der Waals surface area contributed by atoms with Gasteiger partial charge in [0.15, 0.2) is 5.75 Å². The first-order valence-electron chi connectivity index (χ1n) is 4.20. The molecule has 0 aliphatic carbocycles. The van der Waals surface area contributed by atoms with Gasteiger partial charge in [0.1, 0.15) is 6.61 Å². The molecule has 0 spiro atoms. The maximum atomic E-state index is 5.46. The molecule has 1 aromatic heterocycles. The first-order valence-corrected chi connectivity index (χ1v) is 5.00. The first kappa shape index (κ1) is 9.27. The Hall–Kier alpha value is -1.29. The molecule has 4 heteroatoms. The smallest absolute Gasteiger partial charge is 0.157 e. The fourth-order valence-electron chi connectivity index (χ4n) is 1.07. The molecule has 0 unspecified atom stereocenters. The molecular weight excluding hydrogens is 244 g/mol. The molecule has 1 N–H and O–H groups in total. The van der Waals surface area contributed by atoms with E-state index < -0.39 is 0 Å². The molecule has 1 heterocycles. The van der Waals surface area contributed by atoms with Gasteiger partial charge in [0.05, 0.1) is 12.4 Å². The van der Waals surface area contributed by atoms with Crippen molar-refractivity contribution in [3.05, 3.63) is 46.7 Å². The molecule has 0 fully saturated rings. The van der Waals surface area contributed by atoms with E-state index in [1.165, 1.54) is 0 Å². The van der Waals surface area contributed by atoms with Crippen LogP contribution in [0.5, 0.6) is 5.75 Å². The van der Waals surface area contributed by atoms with Crippen molar-refractivity contribution in [3.8, 4) is 5.75 Å². The molecule has 3 nitrogen and oxygen atoms in total. The number of rotatable bonds is 3. The molecule has 14 heavy (non-hydrogen) atoms. The lowest BCUT2D eigenvalue weighted by Gasteiger charge is -2.02. The van der Waals surface area contributed by atoms with Crippen LogP contribution in [0.3, 0.4) is 0 Å². The zero-order valence-electron chi connectivity index (χ0n) is 7.40. The van der Waals surface area contributed by atoms with E-state index in [1.54, 1.807) is 12.4 Å². The Morgan fingerprint density at radius 3 is 2.71 bits per heavy atom. The van der Waals surface area contributed by atoms with E-state index in [0.717, 1.165) is 15.8 Å². The second-order valence-electron chi connectivity index (χ2n) is 2.85. The molecule has 1 aromatic carbocycles. The quantitative estimate of drug-likeness (QED) is 0.913. The fraction of sp³-hybridized carbons (Fsp3) is 0.100. The largest absolute Gasteiger partial charge is 0.486 e. The van der Waals surface area contributed by atoms with Crippen LogP contribution in [0.25, 0.3) is 0 Å². The van der Waals surface area contributed by atoms with Gasteiger partial charge >= 0.3 is 0 Å². The van der Waals surface area contributed by atoms with Gasteiger partial charge in [-0.25, -0.2) is 0 Å². The second-order valence-corrected chi connectivity index (χ2v) is 3.76. The highest BCUT2D eigenvalue weighted by Gasteiger charge is 1.96. The Morgan fingerprint density at radius 2 is 2.07 bits per heavy atom. The minimum Gasteiger partial charge on any atom is -0.486 e. The monoisotopic (exact) mass is 252 g/mol. The SMILES string of the molecule is Brc1ccc(COc2cn[nH]c2)cc1. The van der Waals surface area contributed by atoms with E-state index in [9.17, 15) is 0 Å². The lowest BCUT2D eigenvalue weighted by atomic mass is 10.2. The van der Waals surface area contributed by atoms with Crippen molar-refractivity contribution in [3.63, 3.8) is 0 Å². The molecule has 2 rings (SSSR count). The van der Waals surface area contributed by atoms with Crippen molar-refractivity contribution in [2.24, 2.45) is 0 Å². The van der Waals surface area contributed by atoms with Gasteiger partial charge in [-0.2, -0.15) is 5.10 Å². The van der Waals surface area contributed by atoms with Crippen molar-refractivity contribution in [1.82, 2.24) is 10.2 Å². The molecule has 0 atom stereocenters. The standard InChI is InChI=1S/C10H9BrN2O/c11-9-3-1-8(2-4-9)7-14-10-5-12-13-6-10/h1-6H,7H2,(H,12,13). The number of ether oxygens (including phenoxy) is 1. The number of halogens is 1. The highest BCUT2D eigenvalue weighted by Crippen LogP contribution is 2.13. The van der Waals surface area contributed by atoms with E-state index in [0.29, 0.717) is 6.61 Å². The van der Waals surface area contributed by atoms with Gasteiger partial charge in [-0.3, -0.25) is 5.10 Å². The summed E-state index contributed by atoms with van der Waals surface area (Å²) >= 11 is 3.38. The van der Waals surface area contributed by atoms with Gasteiger partial charge < -0.3 is 4.74 Å². The summed E-state index contributed by atoms with van der Waals surface area (Å²) in [4.78, 5) is 0. The van der Waals surface area contributed by atoms with E-state index in [-0.39, 0.29) is 0 Å². The van der Waals surface area contributed by atoms with E-state index in [2.05, 4.69) is 26.1 Å². The first-order chi connectivity index (χ1) is 6.84. The van der Waals surface area contributed by atoms with Crippen LogP contribution in [0.2, 0.25) is 0 Å². The molecule has 0 saturated carbocycles. The number of H-pyrrole nitrogens is 1.